The lowest BCUT2D eigenvalue weighted by atomic mass is 10.1. The van der Waals surface area contributed by atoms with Gasteiger partial charge in [-0.1, -0.05) is 13.8 Å². The largest absolute Gasteiger partial charge is 0.399 e. The first-order valence-corrected chi connectivity index (χ1v) is 4.38. The third-order valence-corrected chi connectivity index (χ3v) is 2.18. The van der Waals surface area contributed by atoms with Gasteiger partial charge in [0.15, 0.2) is 12.3 Å². The first-order valence-electron chi connectivity index (χ1n) is 4.38. The highest BCUT2D eigenvalue weighted by Gasteiger charge is 2.35. The summed E-state index contributed by atoms with van der Waals surface area (Å²) in [5, 5.41) is 14.3. The van der Waals surface area contributed by atoms with E-state index in [2.05, 4.69) is 29.2 Å². The molecule has 2 rings (SSSR count). The number of fused-ring (bicyclic) bond motifs is 1. The molecule has 0 saturated heterocycles. The van der Waals surface area contributed by atoms with Gasteiger partial charge in [-0.15, -0.1) is 0 Å². The molecular weight excluding hydrogens is 166 g/mol. The Morgan fingerprint density at radius 2 is 2.23 bits per heavy atom. The highest BCUT2D eigenvalue weighted by Crippen LogP contribution is 2.27. The number of azo groups is 1. The summed E-state index contributed by atoms with van der Waals surface area (Å²) >= 11 is 0. The predicted molar refractivity (Wildman–Crippen MR) is 49.9 cm³/mol. The van der Waals surface area contributed by atoms with Crippen LogP contribution in [0.25, 0.3) is 0 Å². The zero-order valence-electron chi connectivity index (χ0n) is 7.75. The molecular formula is C8H13N5. The summed E-state index contributed by atoms with van der Waals surface area (Å²) in [5.41, 5.74) is 6.47. The number of rotatable bonds is 1. The van der Waals surface area contributed by atoms with E-state index in [1.54, 1.807) is 12.3 Å². The fourth-order valence-corrected chi connectivity index (χ4v) is 1.45. The number of hydrogen-bond acceptors (Lipinski definition) is 5. The number of hydrazone groups is 1. The predicted octanol–water partition coefficient (Wildman–Crippen LogP) is 0.904. The second kappa shape index (κ2) is 2.83. The third kappa shape index (κ3) is 1.20. The SMILES string of the molecule is CC(C)C1N=NC2C(N)=CC=NN21. The highest BCUT2D eigenvalue weighted by molar-refractivity contribution is 5.73. The molecule has 0 aromatic rings. The molecule has 2 N–H and O–H groups in total. The van der Waals surface area contributed by atoms with Gasteiger partial charge in [0.2, 0.25) is 0 Å². The van der Waals surface area contributed by atoms with Crippen molar-refractivity contribution in [2.75, 3.05) is 0 Å². The summed E-state index contributed by atoms with van der Waals surface area (Å²) in [5.74, 6) is 0.400. The topological polar surface area (TPSA) is 66.3 Å². The molecule has 0 aliphatic carbocycles. The number of allylic oxidation sites excluding steroid dienone is 1. The summed E-state index contributed by atoms with van der Waals surface area (Å²) in [6.45, 7) is 4.19. The van der Waals surface area contributed by atoms with Crippen molar-refractivity contribution in [3.8, 4) is 0 Å². The molecule has 13 heavy (non-hydrogen) atoms. The van der Waals surface area contributed by atoms with Gasteiger partial charge in [-0.3, -0.25) is 0 Å². The fraction of sp³-hybridized carbons (Fsp3) is 0.625. The van der Waals surface area contributed by atoms with E-state index in [1.165, 1.54) is 0 Å². The lowest BCUT2D eigenvalue weighted by molar-refractivity contribution is 0.169. The number of nitrogens with zero attached hydrogens (tertiary/aromatic N) is 4. The zero-order valence-corrected chi connectivity index (χ0v) is 7.75. The van der Waals surface area contributed by atoms with Gasteiger partial charge in [-0.05, 0) is 12.0 Å². The summed E-state index contributed by atoms with van der Waals surface area (Å²) in [7, 11) is 0. The van der Waals surface area contributed by atoms with Gasteiger partial charge in [-0.2, -0.15) is 15.3 Å². The third-order valence-electron chi connectivity index (χ3n) is 2.18. The van der Waals surface area contributed by atoms with E-state index in [0.717, 1.165) is 0 Å². The second-order valence-corrected chi connectivity index (χ2v) is 3.57. The average Bonchev–Trinajstić information content (AvgIpc) is 2.48. The van der Waals surface area contributed by atoms with Crippen LogP contribution in [-0.4, -0.2) is 23.6 Å². The fourth-order valence-electron chi connectivity index (χ4n) is 1.45. The summed E-state index contributed by atoms with van der Waals surface area (Å²) in [4.78, 5) is 0. The van der Waals surface area contributed by atoms with Gasteiger partial charge in [0, 0.05) is 6.21 Å². The first-order chi connectivity index (χ1) is 6.20. The Balaban J connectivity index is 2.23. The average molecular weight is 179 g/mol. The summed E-state index contributed by atoms with van der Waals surface area (Å²) in [6, 6.07) is 0. The quantitative estimate of drug-likeness (QED) is 0.650. The minimum Gasteiger partial charge on any atom is -0.399 e. The number of nitrogens with two attached hydrogens (primary N) is 1. The molecule has 0 fully saturated rings. The Morgan fingerprint density at radius 1 is 1.46 bits per heavy atom. The lowest BCUT2D eigenvalue weighted by Gasteiger charge is -2.27. The molecule has 0 amide bonds. The van der Waals surface area contributed by atoms with Crippen LogP contribution in [0, 0.1) is 5.92 Å². The van der Waals surface area contributed by atoms with E-state index in [-0.39, 0.29) is 12.3 Å². The van der Waals surface area contributed by atoms with E-state index < -0.39 is 0 Å². The van der Waals surface area contributed by atoms with Crippen molar-refractivity contribution >= 4 is 6.21 Å². The van der Waals surface area contributed by atoms with Gasteiger partial charge in [0.05, 0.1) is 5.70 Å². The highest BCUT2D eigenvalue weighted by atomic mass is 15.6. The van der Waals surface area contributed by atoms with Crippen LogP contribution in [0.4, 0.5) is 0 Å². The van der Waals surface area contributed by atoms with Crippen molar-refractivity contribution in [2.24, 2.45) is 27.0 Å². The molecule has 2 atom stereocenters. The van der Waals surface area contributed by atoms with E-state index in [4.69, 9.17) is 5.73 Å². The van der Waals surface area contributed by atoms with Crippen LogP contribution in [-0.2, 0) is 0 Å². The minimum absolute atomic E-state index is 0.0356. The van der Waals surface area contributed by atoms with Gasteiger partial charge >= 0.3 is 0 Å². The Hall–Kier alpha value is -1.39. The molecule has 0 bridgehead atoms. The molecule has 0 spiro atoms. The summed E-state index contributed by atoms with van der Waals surface area (Å²) in [6.07, 6.45) is 3.33. The number of hydrogen-bond donors (Lipinski definition) is 1. The monoisotopic (exact) mass is 179 g/mol. The molecule has 5 nitrogen and oxygen atoms in total. The van der Waals surface area contributed by atoms with Crippen molar-refractivity contribution < 1.29 is 0 Å². The van der Waals surface area contributed by atoms with Crippen LogP contribution < -0.4 is 5.73 Å². The van der Waals surface area contributed by atoms with Crippen LogP contribution in [0.1, 0.15) is 13.8 Å². The van der Waals surface area contributed by atoms with E-state index >= 15 is 0 Å². The Bertz CT molecular complexity index is 291. The normalized spacial score (nSPS) is 31.0. The second-order valence-electron chi connectivity index (χ2n) is 3.57. The van der Waals surface area contributed by atoms with Gasteiger partial charge in [0.1, 0.15) is 0 Å². The lowest BCUT2D eigenvalue weighted by Crippen LogP contribution is -2.39. The van der Waals surface area contributed by atoms with Crippen LogP contribution >= 0.6 is 0 Å². The molecule has 2 aliphatic rings. The standard InChI is InChI=1S/C8H13N5/c1-5(2)7-11-12-8-6(9)3-4-10-13(7)8/h3-5,7-8H,9H2,1-2H3. The Labute approximate surface area is 77.0 Å². The molecule has 2 heterocycles. The van der Waals surface area contributed by atoms with Crippen molar-refractivity contribution in [2.45, 2.75) is 26.2 Å². The smallest absolute Gasteiger partial charge is 0.199 e. The maximum Gasteiger partial charge on any atom is 0.199 e. The molecule has 70 valence electrons. The van der Waals surface area contributed by atoms with Gasteiger partial charge < -0.3 is 5.73 Å². The summed E-state index contributed by atoms with van der Waals surface area (Å²) < 4.78 is 0. The van der Waals surface area contributed by atoms with Gasteiger partial charge in [-0.25, -0.2) is 5.01 Å². The van der Waals surface area contributed by atoms with Crippen molar-refractivity contribution in [3.05, 3.63) is 11.8 Å². The molecule has 5 heteroatoms. The molecule has 0 radical (unpaired) electrons. The van der Waals surface area contributed by atoms with Crippen LogP contribution in [0.3, 0.4) is 0 Å². The van der Waals surface area contributed by atoms with Crippen LogP contribution in [0.15, 0.2) is 27.1 Å². The van der Waals surface area contributed by atoms with Crippen molar-refractivity contribution in [1.29, 1.82) is 0 Å². The van der Waals surface area contributed by atoms with Gasteiger partial charge in [0.25, 0.3) is 0 Å². The van der Waals surface area contributed by atoms with E-state index in [0.29, 0.717) is 11.6 Å². The molecule has 2 unspecified atom stereocenters. The molecule has 0 aromatic heterocycles. The maximum absolute atomic E-state index is 5.76. The maximum atomic E-state index is 5.76. The van der Waals surface area contributed by atoms with Crippen molar-refractivity contribution in [1.82, 2.24) is 5.01 Å². The minimum atomic E-state index is -0.169. The van der Waals surface area contributed by atoms with E-state index in [9.17, 15) is 0 Å². The van der Waals surface area contributed by atoms with Crippen molar-refractivity contribution in [3.63, 3.8) is 0 Å². The zero-order chi connectivity index (χ0) is 9.42. The Morgan fingerprint density at radius 3 is 2.92 bits per heavy atom. The molecule has 2 aliphatic heterocycles. The molecule has 0 saturated carbocycles. The Kier molecular flexibility index (Phi) is 1.79. The van der Waals surface area contributed by atoms with Crippen LogP contribution in [0.2, 0.25) is 0 Å². The molecule has 0 aromatic carbocycles. The van der Waals surface area contributed by atoms with E-state index in [1.807, 2.05) is 5.01 Å². The first kappa shape index (κ1) is 8.22. The van der Waals surface area contributed by atoms with Crippen LogP contribution in [0.5, 0.6) is 0 Å².